The zero-order valence-corrected chi connectivity index (χ0v) is 20.7. The molecule has 2 fully saturated rings. The van der Waals surface area contributed by atoms with Crippen LogP contribution in [0.1, 0.15) is 81.8 Å². The van der Waals surface area contributed by atoms with Crippen LogP contribution in [0.15, 0.2) is 16.0 Å². The molecule has 4 rings (SSSR count). The predicted octanol–water partition coefficient (Wildman–Crippen LogP) is 4.78. The Bertz CT molecular complexity index is 957. The Balaban J connectivity index is 1.59. The highest BCUT2D eigenvalue weighted by molar-refractivity contribution is 8.04. The van der Waals surface area contributed by atoms with Crippen molar-refractivity contribution < 1.29 is 9.59 Å². The van der Waals surface area contributed by atoms with E-state index in [1.165, 1.54) is 29.5 Å². The maximum Gasteiger partial charge on any atom is 0.235 e. The van der Waals surface area contributed by atoms with Crippen LogP contribution in [0.3, 0.4) is 0 Å². The van der Waals surface area contributed by atoms with E-state index in [0.29, 0.717) is 16.5 Å². The molecule has 8 heteroatoms. The molecule has 4 atom stereocenters. The number of allylic oxidation sites excluding steroid dienone is 1. The van der Waals surface area contributed by atoms with Crippen molar-refractivity contribution >= 4 is 34.9 Å². The van der Waals surface area contributed by atoms with Crippen molar-refractivity contribution in [2.75, 3.05) is 0 Å². The fourth-order valence-corrected chi connectivity index (χ4v) is 7.64. The van der Waals surface area contributed by atoms with Crippen LogP contribution < -0.4 is 10.6 Å². The van der Waals surface area contributed by atoms with Gasteiger partial charge in [0, 0.05) is 22.5 Å². The average molecular weight is 473 g/mol. The number of nitriles is 1. The van der Waals surface area contributed by atoms with E-state index >= 15 is 0 Å². The molecular weight excluding hydrogens is 440 g/mol. The molecule has 2 amide bonds. The summed E-state index contributed by atoms with van der Waals surface area (Å²) in [5.41, 5.74) is 1.01. The molecule has 0 bridgehead atoms. The minimum Gasteiger partial charge on any atom is -0.352 e. The van der Waals surface area contributed by atoms with Gasteiger partial charge in [0.05, 0.1) is 21.9 Å². The zero-order chi connectivity index (χ0) is 22.9. The van der Waals surface area contributed by atoms with Crippen LogP contribution in [-0.4, -0.2) is 28.1 Å². The maximum absolute atomic E-state index is 13.3. The number of aromatic nitrogens is 1. The summed E-state index contributed by atoms with van der Waals surface area (Å²) in [6.07, 6.45) is 8.13. The Morgan fingerprint density at radius 3 is 2.69 bits per heavy atom. The smallest absolute Gasteiger partial charge is 0.235 e. The lowest BCUT2D eigenvalue weighted by Gasteiger charge is -2.40. The second-order valence-corrected chi connectivity index (χ2v) is 11.8. The number of rotatable bonds is 5. The van der Waals surface area contributed by atoms with E-state index in [4.69, 9.17) is 0 Å². The Labute approximate surface area is 198 Å². The predicted molar refractivity (Wildman–Crippen MR) is 128 cm³/mol. The standard InChI is InChI=1S/C24H32N4O2S2/c1-14-8-4-5-9-18(14)27-20(29)16(3)32-22-17(12-25)24(10-6-7-11-24)19(21(30)28-22)23-26-15(2)13-31-23/h13-14,16,18-19H,4-11H2,1-3H3,(H,27,29)(H,28,30). The van der Waals surface area contributed by atoms with Crippen molar-refractivity contribution in [3.8, 4) is 6.07 Å². The molecule has 172 valence electrons. The Morgan fingerprint density at radius 1 is 1.34 bits per heavy atom. The Hall–Kier alpha value is -1.85. The van der Waals surface area contributed by atoms with Crippen LogP contribution >= 0.6 is 23.1 Å². The molecule has 1 aliphatic heterocycles. The number of nitrogens with zero attached hydrogens (tertiary/aromatic N) is 2. The van der Waals surface area contributed by atoms with Crippen molar-refractivity contribution in [3.63, 3.8) is 0 Å². The highest BCUT2D eigenvalue weighted by atomic mass is 32.2. The third-order valence-electron chi connectivity index (χ3n) is 7.37. The lowest BCUT2D eigenvalue weighted by Crippen LogP contribution is -2.47. The SMILES string of the molecule is Cc1csc(C2C(=O)NC(SC(C)C(=O)NC3CCCCC3C)=C(C#N)C23CCCC3)n1. The molecule has 0 aromatic carbocycles. The average Bonchev–Trinajstić information content (AvgIpc) is 3.40. The molecular formula is C24H32N4O2S2. The van der Waals surface area contributed by atoms with Gasteiger partial charge in [-0.3, -0.25) is 9.59 Å². The Kier molecular flexibility index (Phi) is 6.97. The van der Waals surface area contributed by atoms with E-state index in [1.807, 2.05) is 19.2 Å². The molecule has 1 aromatic rings. The summed E-state index contributed by atoms with van der Waals surface area (Å²) in [5, 5.41) is 19.3. The molecule has 1 spiro atoms. The topological polar surface area (TPSA) is 94.9 Å². The number of nitrogens with one attached hydrogen (secondary N) is 2. The van der Waals surface area contributed by atoms with Gasteiger partial charge in [-0.05, 0) is 45.4 Å². The number of carbonyl (C=O) groups is 2. The van der Waals surface area contributed by atoms with E-state index < -0.39 is 11.3 Å². The van der Waals surface area contributed by atoms with Gasteiger partial charge in [-0.2, -0.15) is 5.26 Å². The van der Waals surface area contributed by atoms with E-state index in [-0.39, 0.29) is 23.1 Å². The molecule has 3 aliphatic rings. The first kappa shape index (κ1) is 23.3. The summed E-state index contributed by atoms with van der Waals surface area (Å²) in [6, 6.07) is 2.65. The van der Waals surface area contributed by atoms with E-state index in [0.717, 1.165) is 55.6 Å². The van der Waals surface area contributed by atoms with Crippen LogP contribution in [0.5, 0.6) is 0 Å². The van der Waals surface area contributed by atoms with Gasteiger partial charge in [-0.15, -0.1) is 11.3 Å². The molecule has 32 heavy (non-hydrogen) atoms. The van der Waals surface area contributed by atoms with Crippen LogP contribution in [-0.2, 0) is 9.59 Å². The van der Waals surface area contributed by atoms with E-state index in [9.17, 15) is 14.9 Å². The highest BCUT2D eigenvalue weighted by Gasteiger charge is 2.54. The zero-order valence-electron chi connectivity index (χ0n) is 19.1. The number of amides is 2. The maximum atomic E-state index is 13.3. The summed E-state index contributed by atoms with van der Waals surface area (Å²) in [4.78, 5) is 30.9. The van der Waals surface area contributed by atoms with Crippen molar-refractivity contribution in [1.29, 1.82) is 5.26 Å². The van der Waals surface area contributed by atoms with Gasteiger partial charge in [0.1, 0.15) is 10.9 Å². The molecule has 2 N–H and O–H groups in total. The van der Waals surface area contributed by atoms with Crippen molar-refractivity contribution in [2.45, 2.75) is 89.3 Å². The highest BCUT2D eigenvalue weighted by Crippen LogP contribution is 2.57. The minimum atomic E-state index is -0.516. The Morgan fingerprint density at radius 2 is 2.06 bits per heavy atom. The van der Waals surface area contributed by atoms with E-state index in [1.54, 1.807) is 0 Å². The second kappa shape index (κ2) is 9.56. The first-order valence-corrected chi connectivity index (χ1v) is 13.5. The molecule has 2 saturated carbocycles. The molecule has 6 nitrogen and oxygen atoms in total. The van der Waals surface area contributed by atoms with Gasteiger partial charge in [-0.25, -0.2) is 4.98 Å². The fourth-order valence-electron chi connectivity index (χ4n) is 5.58. The lowest BCUT2D eigenvalue weighted by atomic mass is 9.67. The number of thiazole rings is 1. The third kappa shape index (κ3) is 4.34. The summed E-state index contributed by atoms with van der Waals surface area (Å²) in [5.74, 6) is -0.0745. The van der Waals surface area contributed by atoms with E-state index in [2.05, 4.69) is 28.6 Å². The molecule has 2 aliphatic carbocycles. The van der Waals surface area contributed by atoms with Gasteiger partial charge in [0.2, 0.25) is 11.8 Å². The number of carbonyl (C=O) groups excluding carboxylic acids is 2. The van der Waals surface area contributed by atoms with Crippen LogP contribution in [0.2, 0.25) is 0 Å². The summed E-state index contributed by atoms with van der Waals surface area (Å²) < 4.78 is 0. The van der Waals surface area contributed by atoms with Gasteiger partial charge in [-0.1, -0.05) is 44.4 Å². The van der Waals surface area contributed by atoms with Crippen LogP contribution in [0.25, 0.3) is 0 Å². The van der Waals surface area contributed by atoms with Gasteiger partial charge in [0.15, 0.2) is 0 Å². The van der Waals surface area contributed by atoms with Crippen LogP contribution in [0, 0.1) is 29.6 Å². The first-order valence-electron chi connectivity index (χ1n) is 11.7. The van der Waals surface area contributed by atoms with Gasteiger partial charge >= 0.3 is 0 Å². The van der Waals surface area contributed by atoms with Crippen LogP contribution in [0.4, 0.5) is 0 Å². The second-order valence-electron chi connectivity index (χ2n) is 9.57. The fraction of sp³-hybridized carbons (Fsp3) is 0.667. The lowest BCUT2D eigenvalue weighted by molar-refractivity contribution is -0.125. The third-order valence-corrected chi connectivity index (χ3v) is 9.51. The normalized spacial score (nSPS) is 28.3. The van der Waals surface area contributed by atoms with Gasteiger partial charge in [0.25, 0.3) is 0 Å². The number of thioether (sulfide) groups is 1. The van der Waals surface area contributed by atoms with Crippen molar-refractivity contribution in [3.05, 3.63) is 26.7 Å². The quantitative estimate of drug-likeness (QED) is 0.643. The molecule has 1 aromatic heterocycles. The molecule has 0 saturated heterocycles. The summed E-state index contributed by atoms with van der Waals surface area (Å²) in [6.45, 7) is 5.99. The largest absolute Gasteiger partial charge is 0.352 e. The number of aryl methyl sites for hydroxylation is 1. The van der Waals surface area contributed by atoms with Crippen molar-refractivity contribution in [2.24, 2.45) is 11.3 Å². The monoisotopic (exact) mass is 472 g/mol. The minimum absolute atomic E-state index is 0.0223. The number of hydrogen-bond donors (Lipinski definition) is 2. The van der Waals surface area contributed by atoms with Crippen molar-refractivity contribution in [1.82, 2.24) is 15.6 Å². The first-order chi connectivity index (χ1) is 15.4. The molecule has 0 radical (unpaired) electrons. The summed E-state index contributed by atoms with van der Waals surface area (Å²) >= 11 is 2.81. The molecule has 2 heterocycles. The summed E-state index contributed by atoms with van der Waals surface area (Å²) in [7, 11) is 0. The number of hydrogen-bond acceptors (Lipinski definition) is 6. The molecule has 4 unspecified atom stereocenters. The van der Waals surface area contributed by atoms with Gasteiger partial charge < -0.3 is 10.6 Å².